The van der Waals surface area contributed by atoms with E-state index in [1.165, 1.54) is 0 Å². The number of aromatic nitrogens is 1. The maximum absolute atomic E-state index is 11.9. The van der Waals surface area contributed by atoms with E-state index in [0.717, 1.165) is 16.5 Å². The monoisotopic (exact) mass is 259 g/mol. The van der Waals surface area contributed by atoms with Crippen LogP contribution in [0.3, 0.4) is 0 Å². The molecule has 2 rings (SSSR count). The highest BCUT2D eigenvalue weighted by Crippen LogP contribution is 2.20. The fourth-order valence-electron chi connectivity index (χ4n) is 2.14. The molecule has 0 spiro atoms. The first-order valence-corrected chi connectivity index (χ1v) is 6.65. The lowest BCUT2D eigenvalue weighted by Gasteiger charge is -2.09. The Morgan fingerprint density at radius 2 is 2.11 bits per heavy atom. The number of nitrogens with two attached hydrogens (primary N) is 1. The molecule has 0 unspecified atom stereocenters. The van der Waals surface area contributed by atoms with Gasteiger partial charge in [-0.15, -0.1) is 0 Å². The van der Waals surface area contributed by atoms with Crippen molar-refractivity contribution in [1.82, 2.24) is 9.88 Å². The quantitative estimate of drug-likeness (QED) is 0.861. The number of carbonyl (C=O) groups is 1. The summed E-state index contributed by atoms with van der Waals surface area (Å²) in [7, 11) is 0. The van der Waals surface area contributed by atoms with Crippen LogP contribution in [0.2, 0.25) is 0 Å². The zero-order valence-electron chi connectivity index (χ0n) is 11.5. The molecule has 0 radical (unpaired) electrons. The van der Waals surface area contributed by atoms with Crippen molar-refractivity contribution in [3.63, 3.8) is 0 Å². The van der Waals surface area contributed by atoms with E-state index in [-0.39, 0.29) is 5.91 Å². The van der Waals surface area contributed by atoms with Crippen LogP contribution in [0.15, 0.2) is 30.5 Å². The number of nitrogens with one attached hydrogen (secondary N) is 1. The zero-order valence-corrected chi connectivity index (χ0v) is 11.5. The molecule has 4 nitrogen and oxygen atoms in total. The van der Waals surface area contributed by atoms with Crippen LogP contribution in [0.25, 0.3) is 10.9 Å². The van der Waals surface area contributed by atoms with Crippen LogP contribution in [0, 0.1) is 5.92 Å². The van der Waals surface area contributed by atoms with Gasteiger partial charge in [0.15, 0.2) is 0 Å². The molecule has 0 aliphatic carbocycles. The molecular formula is C15H21N3O. The zero-order chi connectivity index (χ0) is 13.8. The fourth-order valence-corrected chi connectivity index (χ4v) is 2.14. The van der Waals surface area contributed by atoms with Crippen LogP contribution in [-0.2, 0) is 17.9 Å². The van der Waals surface area contributed by atoms with Crippen molar-refractivity contribution in [3.8, 4) is 0 Å². The first-order chi connectivity index (χ1) is 9.11. The SMILES string of the molecule is CC(C)CNC(=O)Cn1cc(CN)c2ccccc21. The van der Waals surface area contributed by atoms with Crippen molar-refractivity contribution in [3.05, 3.63) is 36.0 Å². The Hall–Kier alpha value is -1.81. The van der Waals surface area contributed by atoms with E-state index in [4.69, 9.17) is 5.73 Å². The topological polar surface area (TPSA) is 60.0 Å². The molecule has 4 heteroatoms. The van der Waals surface area contributed by atoms with Gasteiger partial charge < -0.3 is 15.6 Å². The van der Waals surface area contributed by atoms with Crippen molar-refractivity contribution in [2.45, 2.75) is 26.9 Å². The van der Waals surface area contributed by atoms with E-state index in [1.807, 2.05) is 35.0 Å². The summed E-state index contributed by atoms with van der Waals surface area (Å²) >= 11 is 0. The summed E-state index contributed by atoms with van der Waals surface area (Å²) < 4.78 is 1.97. The third-order valence-corrected chi connectivity index (χ3v) is 3.11. The Kier molecular flexibility index (Phi) is 4.22. The van der Waals surface area contributed by atoms with Gasteiger partial charge >= 0.3 is 0 Å². The van der Waals surface area contributed by atoms with E-state index in [1.54, 1.807) is 0 Å². The van der Waals surface area contributed by atoms with Crippen molar-refractivity contribution in [2.24, 2.45) is 11.7 Å². The van der Waals surface area contributed by atoms with Crippen LogP contribution in [0.4, 0.5) is 0 Å². The molecule has 1 heterocycles. The molecule has 19 heavy (non-hydrogen) atoms. The minimum absolute atomic E-state index is 0.0398. The van der Waals surface area contributed by atoms with Gasteiger partial charge in [0, 0.05) is 30.2 Å². The number of carbonyl (C=O) groups excluding carboxylic acids is 1. The number of para-hydroxylation sites is 1. The summed E-state index contributed by atoms with van der Waals surface area (Å²) in [5, 5.41) is 4.06. The van der Waals surface area contributed by atoms with Gasteiger partial charge in [-0.25, -0.2) is 0 Å². The van der Waals surface area contributed by atoms with Gasteiger partial charge in [0.05, 0.1) is 0 Å². The fraction of sp³-hybridized carbons (Fsp3) is 0.400. The normalized spacial score (nSPS) is 11.2. The summed E-state index contributed by atoms with van der Waals surface area (Å²) in [5.41, 5.74) is 7.88. The molecule has 1 amide bonds. The Labute approximate surface area is 113 Å². The minimum atomic E-state index is 0.0398. The molecule has 0 fully saturated rings. The Balaban J connectivity index is 2.18. The highest BCUT2D eigenvalue weighted by molar-refractivity contribution is 5.86. The molecule has 0 saturated carbocycles. The molecule has 3 N–H and O–H groups in total. The lowest BCUT2D eigenvalue weighted by molar-refractivity contribution is -0.121. The van der Waals surface area contributed by atoms with Gasteiger partial charge in [-0.2, -0.15) is 0 Å². The van der Waals surface area contributed by atoms with Gasteiger partial charge in [-0.05, 0) is 17.5 Å². The summed E-state index contributed by atoms with van der Waals surface area (Å²) in [6, 6.07) is 8.03. The van der Waals surface area contributed by atoms with E-state index >= 15 is 0 Å². The smallest absolute Gasteiger partial charge is 0.239 e. The van der Waals surface area contributed by atoms with E-state index in [9.17, 15) is 4.79 Å². The number of benzene rings is 1. The van der Waals surface area contributed by atoms with Gasteiger partial charge in [0.1, 0.15) is 6.54 Å². The largest absolute Gasteiger partial charge is 0.354 e. The molecule has 0 saturated heterocycles. The predicted octanol–water partition coefficient (Wildman–Crippen LogP) is 1.87. The van der Waals surface area contributed by atoms with E-state index < -0.39 is 0 Å². The van der Waals surface area contributed by atoms with Crippen LogP contribution in [0.5, 0.6) is 0 Å². The number of amides is 1. The molecular weight excluding hydrogens is 238 g/mol. The molecule has 2 aromatic rings. The van der Waals surface area contributed by atoms with Crippen molar-refractivity contribution >= 4 is 16.8 Å². The maximum Gasteiger partial charge on any atom is 0.239 e. The lowest BCUT2D eigenvalue weighted by atomic mass is 10.2. The van der Waals surface area contributed by atoms with Crippen molar-refractivity contribution in [2.75, 3.05) is 6.54 Å². The van der Waals surface area contributed by atoms with Crippen LogP contribution in [0.1, 0.15) is 19.4 Å². The summed E-state index contributed by atoms with van der Waals surface area (Å²) in [6.45, 7) is 5.70. The first kappa shape index (κ1) is 13.6. The van der Waals surface area contributed by atoms with Gasteiger partial charge in [-0.3, -0.25) is 4.79 Å². The predicted molar refractivity (Wildman–Crippen MR) is 77.7 cm³/mol. The maximum atomic E-state index is 11.9. The van der Waals surface area contributed by atoms with Crippen molar-refractivity contribution < 1.29 is 4.79 Å². The Morgan fingerprint density at radius 3 is 2.79 bits per heavy atom. The van der Waals surface area contributed by atoms with Crippen LogP contribution in [-0.4, -0.2) is 17.0 Å². The Morgan fingerprint density at radius 1 is 1.37 bits per heavy atom. The van der Waals surface area contributed by atoms with E-state index in [2.05, 4.69) is 19.2 Å². The molecule has 0 aliphatic heterocycles. The first-order valence-electron chi connectivity index (χ1n) is 6.65. The third kappa shape index (κ3) is 3.15. The standard InChI is InChI=1S/C15H21N3O/c1-11(2)8-17-15(19)10-18-9-12(7-16)13-5-3-4-6-14(13)18/h3-6,9,11H,7-8,10,16H2,1-2H3,(H,17,19). The number of hydrogen-bond donors (Lipinski definition) is 2. The third-order valence-electron chi connectivity index (χ3n) is 3.11. The molecule has 1 aromatic carbocycles. The highest BCUT2D eigenvalue weighted by atomic mass is 16.1. The number of fused-ring (bicyclic) bond motifs is 1. The summed E-state index contributed by atoms with van der Waals surface area (Å²) in [5.74, 6) is 0.503. The summed E-state index contributed by atoms with van der Waals surface area (Å²) in [4.78, 5) is 11.9. The molecule has 1 aromatic heterocycles. The second kappa shape index (κ2) is 5.89. The second-order valence-electron chi connectivity index (χ2n) is 5.20. The number of hydrogen-bond acceptors (Lipinski definition) is 2. The second-order valence-corrected chi connectivity index (χ2v) is 5.20. The average Bonchev–Trinajstić information content (AvgIpc) is 2.75. The lowest BCUT2D eigenvalue weighted by Crippen LogP contribution is -2.30. The van der Waals surface area contributed by atoms with Crippen LogP contribution < -0.4 is 11.1 Å². The molecule has 0 atom stereocenters. The molecule has 0 aliphatic rings. The van der Waals surface area contributed by atoms with E-state index in [0.29, 0.717) is 25.6 Å². The average molecular weight is 259 g/mol. The Bertz CT molecular complexity index is 572. The minimum Gasteiger partial charge on any atom is -0.354 e. The van der Waals surface area contributed by atoms with Gasteiger partial charge in [-0.1, -0.05) is 32.0 Å². The molecule has 102 valence electrons. The van der Waals surface area contributed by atoms with Gasteiger partial charge in [0.2, 0.25) is 5.91 Å². The highest BCUT2D eigenvalue weighted by Gasteiger charge is 2.09. The molecule has 0 bridgehead atoms. The summed E-state index contributed by atoms with van der Waals surface area (Å²) in [6.07, 6.45) is 1.97. The number of rotatable bonds is 5. The number of nitrogens with zero attached hydrogens (tertiary/aromatic N) is 1. The van der Waals surface area contributed by atoms with Crippen LogP contribution >= 0.6 is 0 Å². The van der Waals surface area contributed by atoms with Gasteiger partial charge in [0.25, 0.3) is 0 Å². The van der Waals surface area contributed by atoms with Crippen molar-refractivity contribution in [1.29, 1.82) is 0 Å².